The van der Waals surface area contributed by atoms with Gasteiger partial charge >= 0.3 is 6.03 Å². The summed E-state index contributed by atoms with van der Waals surface area (Å²) in [5, 5.41) is 24.0. The molecule has 330 valence electrons. The number of nitrogens with two attached hydrogens (primary N) is 1. The molecule has 0 bridgehead atoms. The van der Waals surface area contributed by atoms with Crippen molar-refractivity contribution in [2.24, 2.45) is 5.73 Å². The summed E-state index contributed by atoms with van der Waals surface area (Å²) < 4.78 is 10.6. The van der Waals surface area contributed by atoms with E-state index in [4.69, 9.17) is 15.2 Å². The molecule has 6 rings (SSSR count). The Morgan fingerprint density at radius 3 is 1.76 bits per heavy atom. The van der Waals surface area contributed by atoms with Crippen LogP contribution in [-0.4, -0.2) is 125 Å². The highest BCUT2D eigenvalue weighted by molar-refractivity contribution is 8.00. The number of amides is 5. The SMILES string of the molecule is COc1ccc(-c2cc(-c3ccc(OC)cc3)nc(NC(=O)CCC(=O)NCCNc3nc(NCCN)nc(NCCNC(=O)CCCC[C@@H]4SC[C@@H]5NC(=O)N[C@@H]54)n3)n2)cc1. The van der Waals surface area contributed by atoms with Crippen molar-refractivity contribution in [2.75, 3.05) is 80.5 Å². The van der Waals surface area contributed by atoms with Crippen LogP contribution in [0.5, 0.6) is 11.5 Å². The number of carbonyl (C=O) groups is 4. The second kappa shape index (κ2) is 22.9. The van der Waals surface area contributed by atoms with Crippen molar-refractivity contribution in [1.29, 1.82) is 0 Å². The Hall–Kier alpha value is -6.48. The fourth-order valence-electron chi connectivity index (χ4n) is 6.74. The van der Waals surface area contributed by atoms with E-state index < -0.39 is 5.91 Å². The number of fused-ring (bicyclic) bond motifs is 1. The van der Waals surface area contributed by atoms with Gasteiger partial charge in [-0.3, -0.25) is 19.7 Å². The second-order valence-corrected chi connectivity index (χ2v) is 15.7. The first-order valence-corrected chi connectivity index (χ1v) is 21.6. The summed E-state index contributed by atoms with van der Waals surface area (Å²) in [4.78, 5) is 72.1. The Morgan fingerprint density at radius 1 is 0.677 bits per heavy atom. The minimum absolute atomic E-state index is 0.0329. The number of nitrogens with one attached hydrogen (secondary N) is 8. The van der Waals surface area contributed by atoms with Crippen LogP contribution in [0.3, 0.4) is 0 Å². The second-order valence-electron chi connectivity index (χ2n) is 14.4. The third-order valence-corrected chi connectivity index (χ3v) is 11.4. The minimum Gasteiger partial charge on any atom is -0.497 e. The maximum absolute atomic E-state index is 13.0. The normalized spacial score (nSPS) is 16.3. The zero-order chi connectivity index (χ0) is 43.7. The minimum atomic E-state index is -0.417. The first-order chi connectivity index (χ1) is 30.2. The molecule has 5 amide bonds. The van der Waals surface area contributed by atoms with Crippen molar-refractivity contribution < 1.29 is 28.7 Å². The van der Waals surface area contributed by atoms with E-state index in [0.717, 1.165) is 36.1 Å². The van der Waals surface area contributed by atoms with Crippen molar-refractivity contribution in [3.8, 4) is 34.0 Å². The van der Waals surface area contributed by atoms with Crippen molar-refractivity contribution in [3.05, 3.63) is 54.6 Å². The lowest BCUT2D eigenvalue weighted by atomic mass is 10.0. The number of urea groups is 1. The van der Waals surface area contributed by atoms with Crippen LogP contribution in [0, 0.1) is 0 Å². The number of carbonyl (C=O) groups excluding carboxylic acids is 4. The Bertz CT molecular complexity index is 2070. The molecule has 2 aliphatic heterocycles. The molecular weight excluding hydrogens is 817 g/mol. The van der Waals surface area contributed by atoms with Crippen LogP contribution < -0.4 is 57.7 Å². The lowest BCUT2D eigenvalue weighted by Crippen LogP contribution is -2.36. The summed E-state index contributed by atoms with van der Waals surface area (Å²) in [6.07, 6.45) is 2.92. The number of thioether (sulfide) groups is 1. The third kappa shape index (κ3) is 13.5. The number of nitrogens with zero attached hydrogens (tertiary/aromatic N) is 5. The molecule has 4 heterocycles. The van der Waals surface area contributed by atoms with Crippen LogP contribution in [0.25, 0.3) is 22.5 Å². The van der Waals surface area contributed by atoms with Gasteiger partial charge in [0.15, 0.2) is 0 Å². The smallest absolute Gasteiger partial charge is 0.315 e. The van der Waals surface area contributed by atoms with Gasteiger partial charge in [0.1, 0.15) is 11.5 Å². The van der Waals surface area contributed by atoms with Gasteiger partial charge in [-0.1, -0.05) is 6.42 Å². The molecule has 0 spiro atoms. The summed E-state index contributed by atoms with van der Waals surface area (Å²) in [6, 6.07) is 16.9. The molecule has 0 unspecified atom stereocenters. The van der Waals surface area contributed by atoms with Crippen LogP contribution in [-0.2, 0) is 14.4 Å². The molecule has 3 atom stereocenters. The number of hydrogen-bond acceptors (Lipinski definition) is 16. The fourth-order valence-corrected chi connectivity index (χ4v) is 8.28. The number of methoxy groups -OCH3 is 2. The average molecular weight is 871 g/mol. The van der Waals surface area contributed by atoms with Gasteiger partial charge in [0.05, 0.1) is 37.7 Å². The van der Waals surface area contributed by atoms with E-state index in [0.29, 0.717) is 79.2 Å². The maximum atomic E-state index is 13.0. The largest absolute Gasteiger partial charge is 0.497 e. The molecule has 21 heteroatoms. The molecule has 0 aliphatic carbocycles. The predicted molar refractivity (Wildman–Crippen MR) is 238 cm³/mol. The number of rotatable bonds is 24. The molecule has 10 N–H and O–H groups in total. The van der Waals surface area contributed by atoms with Crippen LogP contribution in [0.15, 0.2) is 54.6 Å². The molecular formula is C41H54N14O6S. The molecule has 62 heavy (non-hydrogen) atoms. The van der Waals surface area contributed by atoms with Crippen LogP contribution in [0.4, 0.5) is 28.6 Å². The number of aromatic nitrogens is 5. The quantitative estimate of drug-likeness (QED) is 0.0362. The van der Waals surface area contributed by atoms with Gasteiger partial charge in [0.25, 0.3) is 0 Å². The van der Waals surface area contributed by atoms with Crippen LogP contribution in [0.1, 0.15) is 38.5 Å². The van der Waals surface area contributed by atoms with Crippen molar-refractivity contribution in [3.63, 3.8) is 0 Å². The highest BCUT2D eigenvalue weighted by Crippen LogP contribution is 2.33. The molecule has 4 aromatic rings. The summed E-state index contributed by atoms with van der Waals surface area (Å²) in [5.74, 6) is 2.53. The predicted octanol–water partition coefficient (Wildman–Crippen LogP) is 2.58. The summed E-state index contributed by atoms with van der Waals surface area (Å²) in [5.41, 5.74) is 8.45. The van der Waals surface area contributed by atoms with Gasteiger partial charge in [0, 0.05) is 80.7 Å². The van der Waals surface area contributed by atoms with Crippen molar-refractivity contribution >= 4 is 59.3 Å². The number of benzene rings is 2. The lowest BCUT2D eigenvalue weighted by molar-refractivity contribution is -0.124. The van der Waals surface area contributed by atoms with Gasteiger partial charge in [-0.05, 0) is 67.4 Å². The topological polar surface area (TPSA) is 273 Å². The Labute approximate surface area is 363 Å². The van der Waals surface area contributed by atoms with E-state index >= 15 is 0 Å². The van der Waals surface area contributed by atoms with Crippen LogP contribution in [0.2, 0.25) is 0 Å². The van der Waals surface area contributed by atoms with Gasteiger partial charge in [-0.25, -0.2) is 14.8 Å². The van der Waals surface area contributed by atoms with E-state index in [9.17, 15) is 19.2 Å². The first kappa shape index (κ1) is 45.1. The number of hydrogen-bond donors (Lipinski definition) is 9. The Kier molecular flexibility index (Phi) is 16.7. The summed E-state index contributed by atoms with van der Waals surface area (Å²) in [7, 11) is 3.19. The molecule has 2 saturated heterocycles. The molecule has 0 radical (unpaired) electrons. The Balaban J connectivity index is 0.912. The standard InChI is InChI=1S/C41H54N14O6S/c1-60-27-11-7-25(8-12-27)29-23-30(26-9-13-28(61-2)14-10-26)49-40(48-29)51-35(58)16-15-34(57)44-20-22-47-39-54-37(45-18-17-42)53-38(55-39)46-21-19-43-33(56)6-4-3-5-32-36-31(24-62-32)50-41(59)52-36/h7-14,23,31-32,36H,3-6,15-22,24,42H2,1-2H3,(H,43,56)(H,44,57)(H2,50,52,59)(H,48,49,51,58)(H3,45,46,47,53,54,55)/t31-,32-,36-/m0/s1. The van der Waals surface area contributed by atoms with Gasteiger partial charge in [-0.2, -0.15) is 26.7 Å². The zero-order valence-electron chi connectivity index (χ0n) is 34.8. The van der Waals surface area contributed by atoms with Gasteiger partial charge in [0.2, 0.25) is 41.5 Å². The van der Waals surface area contributed by atoms with E-state index in [2.05, 4.69) is 67.5 Å². The number of anilines is 4. The molecule has 20 nitrogen and oxygen atoms in total. The highest BCUT2D eigenvalue weighted by atomic mass is 32.2. The van der Waals surface area contributed by atoms with E-state index in [1.807, 2.05) is 66.4 Å². The fraction of sp³-hybridized carbons (Fsp3) is 0.439. The van der Waals surface area contributed by atoms with E-state index in [-0.39, 0.29) is 61.2 Å². The lowest BCUT2D eigenvalue weighted by Gasteiger charge is -2.16. The van der Waals surface area contributed by atoms with Crippen molar-refractivity contribution in [1.82, 2.24) is 46.2 Å². The summed E-state index contributed by atoms with van der Waals surface area (Å²) >= 11 is 1.87. The van der Waals surface area contributed by atoms with Gasteiger partial charge in [-0.15, -0.1) is 0 Å². The van der Waals surface area contributed by atoms with E-state index in [1.165, 1.54) is 0 Å². The molecule has 2 aromatic heterocycles. The Morgan fingerprint density at radius 2 is 1.21 bits per heavy atom. The van der Waals surface area contributed by atoms with Gasteiger partial charge < -0.3 is 52.4 Å². The third-order valence-electron chi connectivity index (χ3n) is 9.93. The zero-order valence-corrected chi connectivity index (χ0v) is 35.6. The van der Waals surface area contributed by atoms with Crippen molar-refractivity contribution in [2.45, 2.75) is 55.9 Å². The maximum Gasteiger partial charge on any atom is 0.315 e. The molecule has 2 fully saturated rings. The molecule has 2 aromatic carbocycles. The number of ether oxygens (including phenoxy) is 2. The van der Waals surface area contributed by atoms with Crippen LogP contribution >= 0.6 is 11.8 Å². The number of unbranched alkanes of at least 4 members (excludes halogenated alkanes) is 1. The molecule has 2 aliphatic rings. The first-order valence-electron chi connectivity index (χ1n) is 20.6. The summed E-state index contributed by atoms with van der Waals surface area (Å²) in [6.45, 7) is 2.10. The van der Waals surface area contributed by atoms with E-state index in [1.54, 1.807) is 14.2 Å². The molecule has 0 saturated carbocycles. The highest BCUT2D eigenvalue weighted by Gasteiger charge is 2.42. The monoisotopic (exact) mass is 870 g/mol. The average Bonchev–Trinajstić information content (AvgIpc) is 3.85.